The summed E-state index contributed by atoms with van der Waals surface area (Å²) in [6.45, 7) is 0. The first kappa shape index (κ1) is 11.4. The SMILES string of the molecule is COC(=O)C(CCC(=O)O)NC=O. The summed E-state index contributed by atoms with van der Waals surface area (Å²) in [5, 5.41) is 10.5. The Balaban J connectivity index is 4.00. The minimum absolute atomic E-state index is 0.0285. The first-order valence-corrected chi connectivity index (χ1v) is 3.61. The second-order valence-electron chi connectivity index (χ2n) is 2.29. The Morgan fingerprint density at radius 2 is 2.23 bits per heavy atom. The Bertz CT molecular complexity index is 203. The van der Waals surface area contributed by atoms with E-state index in [1.807, 2.05) is 0 Å². The number of hydrogen-bond acceptors (Lipinski definition) is 4. The third-order valence-corrected chi connectivity index (χ3v) is 1.40. The lowest BCUT2D eigenvalue weighted by Crippen LogP contribution is -2.37. The fourth-order valence-corrected chi connectivity index (χ4v) is 0.761. The number of carbonyl (C=O) groups excluding carboxylic acids is 2. The molecule has 0 saturated carbocycles. The maximum absolute atomic E-state index is 10.9. The van der Waals surface area contributed by atoms with E-state index in [1.54, 1.807) is 0 Å². The fraction of sp³-hybridized carbons (Fsp3) is 0.571. The average molecular weight is 189 g/mol. The number of aliphatic carboxylic acids is 1. The first-order valence-electron chi connectivity index (χ1n) is 3.61. The summed E-state index contributed by atoms with van der Waals surface area (Å²) in [6.07, 6.45) is 0.171. The van der Waals surface area contributed by atoms with Crippen molar-refractivity contribution in [1.29, 1.82) is 0 Å². The van der Waals surface area contributed by atoms with Crippen LogP contribution in [0.3, 0.4) is 0 Å². The van der Waals surface area contributed by atoms with Crippen molar-refractivity contribution in [3.63, 3.8) is 0 Å². The molecule has 0 radical (unpaired) electrons. The molecule has 1 amide bonds. The zero-order valence-corrected chi connectivity index (χ0v) is 7.15. The zero-order valence-electron chi connectivity index (χ0n) is 7.15. The molecule has 1 unspecified atom stereocenters. The number of methoxy groups -OCH3 is 1. The lowest BCUT2D eigenvalue weighted by molar-refractivity contribution is -0.144. The number of amides is 1. The monoisotopic (exact) mass is 189 g/mol. The summed E-state index contributed by atoms with van der Waals surface area (Å²) in [5.41, 5.74) is 0. The van der Waals surface area contributed by atoms with E-state index in [0.29, 0.717) is 6.41 Å². The van der Waals surface area contributed by atoms with Crippen molar-refractivity contribution in [2.45, 2.75) is 18.9 Å². The van der Waals surface area contributed by atoms with Crippen molar-refractivity contribution < 1.29 is 24.2 Å². The predicted octanol–water partition coefficient (Wildman–Crippen LogP) is -0.861. The highest BCUT2D eigenvalue weighted by atomic mass is 16.5. The molecular formula is C7H11NO5. The highest BCUT2D eigenvalue weighted by molar-refractivity contribution is 5.79. The Morgan fingerprint density at radius 3 is 2.62 bits per heavy atom. The van der Waals surface area contributed by atoms with Gasteiger partial charge in [0, 0.05) is 6.42 Å². The number of carboxylic acid groups (broad SMARTS) is 1. The molecule has 0 aromatic heterocycles. The number of hydrogen-bond donors (Lipinski definition) is 2. The molecule has 2 N–H and O–H groups in total. The lowest BCUT2D eigenvalue weighted by atomic mass is 10.1. The fourth-order valence-electron chi connectivity index (χ4n) is 0.761. The van der Waals surface area contributed by atoms with Crippen molar-refractivity contribution >= 4 is 18.3 Å². The summed E-state index contributed by atoms with van der Waals surface area (Å²) in [5.74, 6) is -1.67. The Morgan fingerprint density at radius 1 is 1.62 bits per heavy atom. The van der Waals surface area contributed by atoms with Gasteiger partial charge in [-0.05, 0) is 6.42 Å². The second kappa shape index (κ2) is 5.99. The minimum Gasteiger partial charge on any atom is -0.481 e. The van der Waals surface area contributed by atoms with Gasteiger partial charge in [0.1, 0.15) is 6.04 Å². The van der Waals surface area contributed by atoms with Gasteiger partial charge in [-0.1, -0.05) is 0 Å². The van der Waals surface area contributed by atoms with Crippen LogP contribution in [-0.4, -0.2) is 36.6 Å². The van der Waals surface area contributed by atoms with Gasteiger partial charge in [0.25, 0.3) is 0 Å². The van der Waals surface area contributed by atoms with E-state index in [9.17, 15) is 14.4 Å². The van der Waals surface area contributed by atoms with Gasteiger partial charge >= 0.3 is 11.9 Å². The standard InChI is InChI=1S/C7H11NO5/c1-13-7(12)5(8-4-9)2-3-6(10)11/h4-5H,2-3H2,1H3,(H,8,9)(H,10,11). The van der Waals surface area contributed by atoms with Crippen LogP contribution in [0.2, 0.25) is 0 Å². The first-order chi connectivity index (χ1) is 6.11. The molecule has 0 aromatic carbocycles. The molecule has 0 aliphatic heterocycles. The van der Waals surface area contributed by atoms with Gasteiger partial charge in [-0.25, -0.2) is 4.79 Å². The van der Waals surface area contributed by atoms with Gasteiger partial charge in [0.2, 0.25) is 6.41 Å². The molecule has 6 nitrogen and oxygen atoms in total. The van der Waals surface area contributed by atoms with Crippen LogP contribution >= 0.6 is 0 Å². The van der Waals surface area contributed by atoms with Gasteiger partial charge < -0.3 is 15.2 Å². The highest BCUT2D eigenvalue weighted by Gasteiger charge is 2.18. The number of ether oxygens (including phenoxy) is 1. The van der Waals surface area contributed by atoms with Gasteiger partial charge in [-0.2, -0.15) is 0 Å². The molecule has 0 spiro atoms. The minimum atomic E-state index is -1.03. The van der Waals surface area contributed by atoms with Crippen molar-refractivity contribution in [3.8, 4) is 0 Å². The smallest absolute Gasteiger partial charge is 0.328 e. The Kier molecular flexibility index (Phi) is 5.25. The van der Waals surface area contributed by atoms with Crippen LogP contribution < -0.4 is 5.32 Å². The molecule has 1 atom stereocenters. The molecule has 0 bridgehead atoms. The number of carbonyl (C=O) groups is 3. The second-order valence-corrected chi connectivity index (χ2v) is 2.29. The van der Waals surface area contributed by atoms with Crippen molar-refractivity contribution in [1.82, 2.24) is 5.32 Å². The summed E-state index contributed by atoms with van der Waals surface area (Å²) in [4.78, 5) is 31.0. The zero-order chi connectivity index (χ0) is 10.3. The molecule has 74 valence electrons. The van der Waals surface area contributed by atoms with Gasteiger partial charge in [-0.15, -0.1) is 0 Å². The quantitative estimate of drug-likeness (QED) is 0.419. The molecule has 0 fully saturated rings. The van der Waals surface area contributed by atoms with Crippen molar-refractivity contribution in [2.75, 3.05) is 7.11 Å². The topological polar surface area (TPSA) is 92.7 Å². The summed E-state index contributed by atoms with van der Waals surface area (Å²) in [6, 6.07) is -0.876. The van der Waals surface area contributed by atoms with E-state index in [-0.39, 0.29) is 12.8 Å². The number of esters is 1. The maximum Gasteiger partial charge on any atom is 0.328 e. The largest absolute Gasteiger partial charge is 0.481 e. The molecule has 0 aliphatic carbocycles. The normalized spacial score (nSPS) is 11.5. The third-order valence-electron chi connectivity index (χ3n) is 1.40. The van der Waals surface area contributed by atoms with E-state index in [1.165, 1.54) is 7.11 Å². The Hall–Kier alpha value is -1.59. The van der Waals surface area contributed by atoms with E-state index >= 15 is 0 Å². The van der Waals surface area contributed by atoms with Crippen LogP contribution in [0.4, 0.5) is 0 Å². The van der Waals surface area contributed by atoms with Crippen LogP contribution in [0, 0.1) is 0 Å². The van der Waals surface area contributed by atoms with Gasteiger partial charge in [0.05, 0.1) is 7.11 Å². The highest BCUT2D eigenvalue weighted by Crippen LogP contribution is 1.98. The lowest BCUT2D eigenvalue weighted by Gasteiger charge is -2.11. The van der Waals surface area contributed by atoms with Crippen molar-refractivity contribution in [3.05, 3.63) is 0 Å². The third kappa shape index (κ3) is 4.78. The van der Waals surface area contributed by atoms with Crippen LogP contribution in [0.15, 0.2) is 0 Å². The molecule has 0 aliphatic rings. The van der Waals surface area contributed by atoms with E-state index in [0.717, 1.165) is 0 Å². The van der Waals surface area contributed by atoms with Crippen LogP contribution in [0.25, 0.3) is 0 Å². The summed E-state index contributed by atoms with van der Waals surface area (Å²) < 4.78 is 4.34. The average Bonchev–Trinajstić information content (AvgIpc) is 2.10. The van der Waals surface area contributed by atoms with E-state index in [2.05, 4.69) is 10.1 Å². The molecule has 0 saturated heterocycles. The Labute approximate surface area is 74.9 Å². The molecule has 13 heavy (non-hydrogen) atoms. The molecule has 0 rings (SSSR count). The number of carboxylic acids is 1. The molecular weight excluding hydrogens is 178 g/mol. The summed E-state index contributed by atoms with van der Waals surface area (Å²) in [7, 11) is 1.17. The molecule has 6 heteroatoms. The van der Waals surface area contributed by atoms with E-state index < -0.39 is 18.0 Å². The van der Waals surface area contributed by atoms with Crippen molar-refractivity contribution in [2.24, 2.45) is 0 Å². The number of nitrogens with one attached hydrogen (secondary N) is 1. The van der Waals surface area contributed by atoms with Crippen LogP contribution in [0.1, 0.15) is 12.8 Å². The molecule has 0 aromatic rings. The van der Waals surface area contributed by atoms with Gasteiger partial charge in [0.15, 0.2) is 0 Å². The summed E-state index contributed by atoms with van der Waals surface area (Å²) >= 11 is 0. The van der Waals surface area contributed by atoms with Crippen LogP contribution in [0.5, 0.6) is 0 Å². The predicted molar refractivity (Wildman–Crippen MR) is 41.9 cm³/mol. The maximum atomic E-state index is 10.9. The van der Waals surface area contributed by atoms with E-state index in [4.69, 9.17) is 5.11 Å². The number of rotatable bonds is 6. The van der Waals surface area contributed by atoms with Gasteiger partial charge in [-0.3, -0.25) is 9.59 Å². The molecule has 0 heterocycles. The van der Waals surface area contributed by atoms with Crippen LogP contribution in [-0.2, 0) is 19.1 Å².